The Labute approximate surface area is 145 Å². The van der Waals surface area contributed by atoms with Crippen LogP contribution in [-0.2, 0) is 6.54 Å². The highest BCUT2D eigenvalue weighted by Crippen LogP contribution is 2.24. The summed E-state index contributed by atoms with van der Waals surface area (Å²) in [4.78, 5) is 17.7. The molecule has 0 radical (unpaired) electrons. The van der Waals surface area contributed by atoms with Gasteiger partial charge in [0, 0.05) is 34.9 Å². The van der Waals surface area contributed by atoms with Crippen LogP contribution in [0.5, 0.6) is 5.75 Å². The first-order chi connectivity index (χ1) is 11.7. The van der Waals surface area contributed by atoms with Crippen molar-refractivity contribution in [2.75, 3.05) is 7.11 Å². The van der Waals surface area contributed by atoms with Crippen molar-refractivity contribution >= 4 is 17.2 Å². The van der Waals surface area contributed by atoms with Crippen LogP contribution < -0.4 is 10.1 Å². The normalized spacial score (nSPS) is 10.4. The van der Waals surface area contributed by atoms with E-state index in [-0.39, 0.29) is 5.91 Å². The highest BCUT2D eigenvalue weighted by atomic mass is 32.1. The number of carbonyl (C=O) groups excluding carboxylic acids is 1. The maximum absolute atomic E-state index is 12.3. The lowest BCUT2D eigenvalue weighted by Crippen LogP contribution is -2.23. The van der Waals surface area contributed by atoms with Gasteiger partial charge < -0.3 is 10.1 Å². The quantitative estimate of drug-likeness (QED) is 0.763. The fourth-order valence-electron chi connectivity index (χ4n) is 2.47. The number of pyridine rings is 1. The molecule has 0 aliphatic rings. The molecule has 3 aromatic rings. The minimum absolute atomic E-state index is 0.109. The minimum atomic E-state index is -0.109. The molecule has 0 aliphatic heterocycles. The van der Waals surface area contributed by atoms with E-state index in [1.165, 1.54) is 4.88 Å². The number of ether oxygens (including phenoxy) is 1. The first kappa shape index (κ1) is 16.2. The van der Waals surface area contributed by atoms with Crippen molar-refractivity contribution in [3.8, 4) is 16.2 Å². The van der Waals surface area contributed by atoms with Gasteiger partial charge in [-0.1, -0.05) is 6.07 Å². The molecule has 5 heteroatoms. The van der Waals surface area contributed by atoms with Crippen LogP contribution in [0.3, 0.4) is 0 Å². The van der Waals surface area contributed by atoms with Gasteiger partial charge in [0.25, 0.3) is 5.91 Å². The van der Waals surface area contributed by atoms with Crippen molar-refractivity contribution in [1.82, 2.24) is 10.3 Å². The largest absolute Gasteiger partial charge is 0.496 e. The van der Waals surface area contributed by atoms with E-state index >= 15 is 0 Å². The van der Waals surface area contributed by atoms with Crippen LogP contribution in [0.2, 0.25) is 0 Å². The Hall–Kier alpha value is -2.66. The van der Waals surface area contributed by atoms with Gasteiger partial charge in [0.2, 0.25) is 0 Å². The highest BCUT2D eigenvalue weighted by Gasteiger charge is 2.08. The fourth-order valence-corrected chi connectivity index (χ4v) is 3.17. The summed E-state index contributed by atoms with van der Waals surface area (Å²) in [6.45, 7) is 2.36. The molecule has 1 aromatic carbocycles. The molecule has 0 fully saturated rings. The summed E-state index contributed by atoms with van der Waals surface area (Å²) in [5.74, 6) is 0.668. The van der Waals surface area contributed by atoms with Gasteiger partial charge in [0.1, 0.15) is 5.75 Å². The molecular formula is C19H18N2O2S. The molecule has 2 aromatic heterocycles. The number of amides is 1. The smallest absolute Gasteiger partial charge is 0.251 e. The zero-order chi connectivity index (χ0) is 16.9. The van der Waals surface area contributed by atoms with E-state index in [9.17, 15) is 4.79 Å². The van der Waals surface area contributed by atoms with Gasteiger partial charge in [0.05, 0.1) is 7.11 Å². The molecule has 1 amide bonds. The maximum Gasteiger partial charge on any atom is 0.251 e. The van der Waals surface area contributed by atoms with Gasteiger partial charge >= 0.3 is 0 Å². The van der Waals surface area contributed by atoms with Crippen molar-refractivity contribution in [2.24, 2.45) is 0 Å². The Morgan fingerprint density at radius 3 is 2.83 bits per heavy atom. The highest BCUT2D eigenvalue weighted by molar-refractivity contribution is 7.13. The molecule has 0 aliphatic carbocycles. The minimum Gasteiger partial charge on any atom is -0.496 e. The lowest BCUT2D eigenvalue weighted by atomic mass is 10.1. The summed E-state index contributed by atoms with van der Waals surface area (Å²) in [6, 6.07) is 11.5. The first-order valence-electron chi connectivity index (χ1n) is 7.58. The number of aryl methyl sites for hydroxylation is 1. The Morgan fingerprint density at radius 2 is 2.12 bits per heavy atom. The van der Waals surface area contributed by atoms with E-state index in [0.29, 0.717) is 12.1 Å². The number of nitrogens with zero attached hydrogens (tertiary/aromatic N) is 1. The molecule has 24 heavy (non-hydrogen) atoms. The molecule has 122 valence electrons. The van der Waals surface area contributed by atoms with Crippen molar-refractivity contribution < 1.29 is 9.53 Å². The number of carbonyl (C=O) groups is 1. The molecule has 3 rings (SSSR count). The van der Waals surface area contributed by atoms with Crippen LogP contribution in [0, 0.1) is 6.92 Å². The van der Waals surface area contributed by atoms with Crippen molar-refractivity contribution in [1.29, 1.82) is 0 Å². The van der Waals surface area contributed by atoms with E-state index in [2.05, 4.69) is 22.4 Å². The third-order valence-electron chi connectivity index (χ3n) is 3.71. The SMILES string of the molecule is COc1ccc(C(=O)NCc2cncc(-c3cccs3)c2)cc1C. The standard InChI is InChI=1S/C19H18N2O2S/c1-13-8-15(5-6-17(13)23-2)19(22)21-11-14-9-16(12-20-10-14)18-4-3-7-24-18/h3-10,12H,11H2,1-2H3,(H,21,22). The average molecular weight is 338 g/mol. The number of rotatable bonds is 5. The molecular weight excluding hydrogens is 320 g/mol. The van der Waals surface area contributed by atoms with Gasteiger partial charge in [-0.3, -0.25) is 9.78 Å². The third-order valence-corrected chi connectivity index (χ3v) is 4.63. The lowest BCUT2D eigenvalue weighted by molar-refractivity contribution is 0.0951. The van der Waals surface area contributed by atoms with E-state index in [1.807, 2.05) is 36.7 Å². The van der Waals surface area contributed by atoms with E-state index in [0.717, 1.165) is 22.4 Å². The maximum atomic E-state index is 12.3. The van der Waals surface area contributed by atoms with Gasteiger partial charge in [-0.15, -0.1) is 11.3 Å². The Morgan fingerprint density at radius 1 is 1.25 bits per heavy atom. The second-order valence-electron chi connectivity index (χ2n) is 5.43. The molecule has 0 spiro atoms. The van der Waals surface area contributed by atoms with E-state index in [1.54, 1.807) is 30.7 Å². The summed E-state index contributed by atoms with van der Waals surface area (Å²) in [7, 11) is 1.62. The summed E-state index contributed by atoms with van der Waals surface area (Å²) in [5, 5.41) is 4.97. The topological polar surface area (TPSA) is 51.2 Å². The van der Waals surface area contributed by atoms with Gasteiger partial charge in [-0.05, 0) is 53.8 Å². The van der Waals surface area contributed by atoms with Gasteiger partial charge in [-0.2, -0.15) is 0 Å². The van der Waals surface area contributed by atoms with E-state index < -0.39 is 0 Å². The molecule has 0 unspecified atom stereocenters. The molecule has 0 saturated heterocycles. The van der Waals surface area contributed by atoms with Crippen molar-refractivity contribution in [3.05, 3.63) is 70.9 Å². The molecule has 0 atom stereocenters. The number of aromatic nitrogens is 1. The average Bonchev–Trinajstić information content (AvgIpc) is 3.14. The van der Waals surface area contributed by atoms with Gasteiger partial charge in [0.15, 0.2) is 0 Å². The lowest BCUT2D eigenvalue weighted by Gasteiger charge is -2.09. The number of hydrogen-bond donors (Lipinski definition) is 1. The number of hydrogen-bond acceptors (Lipinski definition) is 4. The van der Waals surface area contributed by atoms with E-state index in [4.69, 9.17) is 4.74 Å². The van der Waals surface area contributed by atoms with Crippen molar-refractivity contribution in [3.63, 3.8) is 0 Å². The number of nitrogens with one attached hydrogen (secondary N) is 1. The number of benzene rings is 1. The van der Waals surface area contributed by atoms with Crippen molar-refractivity contribution in [2.45, 2.75) is 13.5 Å². The summed E-state index contributed by atoms with van der Waals surface area (Å²) in [5.41, 5.74) is 3.60. The summed E-state index contributed by atoms with van der Waals surface area (Å²) < 4.78 is 5.22. The number of methoxy groups -OCH3 is 1. The molecule has 1 N–H and O–H groups in total. The molecule has 0 saturated carbocycles. The predicted molar refractivity (Wildman–Crippen MR) is 96.5 cm³/mol. The van der Waals surface area contributed by atoms with Crippen LogP contribution in [-0.4, -0.2) is 18.0 Å². The second-order valence-corrected chi connectivity index (χ2v) is 6.37. The van der Waals surface area contributed by atoms with Crippen LogP contribution in [0.4, 0.5) is 0 Å². The second kappa shape index (κ2) is 7.27. The zero-order valence-electron chi connectivity index (χ0n) is 13.6. The Bertz CT molecular complexity index is 844. The first-order valence-corrected chi connectivity index (χ1v) is 8.46. The molecule has 4 nitrogen and oxygen atoms in total. The van der Waals surface area contributed by atoms with Crippen LogP contribution in [0.1, 0.15) is 21.5 Å². The third kappa shape index (κ3) is 3.63. The van der Waals surface area contributed by atoms with Crippen LogP contribution in [0.25, 0.3) is 10.4 Å². The summed E-state index contributed by atoms with van der Waals surface area (Å²) >= 11 is 1.67. The van der Waals surface area contributed by atoms with Crippen LogP contribution in [0.15, 0.2) is 54.2 Å². The molecule has 2 heterocycles. The van der Waals surface area contributed by atoms with Crippen LogP contribution >= 0.6 is 11.3 Å². The summed E-state index contributed by atoms with van der Waals surface area (Å²) in [6.07, 6.45) is 3.61. The number of thiophene rings is 1. The molecule has 0 bridgehead atoms. The Kier molecular flexibility index (Phi) is 4.91. The fraction of sp³-hybridized carbons (Fsp3) is 0.158. The zero-order valence-corrected chi connectivity index (χ0v) is 14.4. The predicted octanol–water partition coefficient (Wildman–Crippen LogP) is 4.06. The monoisotopic (exact) mass is 338 g/mol. The Balaban J connectivity index is 1.68. The van der Waals surface area contributed by atoms with Gasteiger partial charge in [-0.25, -0.2) is 0 Å².